The number of allylic oxidation sites excluding steroid dienone is 2. The Morgan fingerprint density at radius 1 is 1.19 bits per heavy atom. The monoisotopic (exact) mass is 379 g/mol. The third-order valence-corrected chi connectivity index (χ3v) is 5.69. The summed E-state index contributed by atoms with van der Waals surface area (Å²) in [6.45, 7) is 0. The van der Waals surface area contributed by atoms with E-state index in [9.17, 15) is 4.79 Å². The topological polar surface area (TPSA) is 58.7 Å². The van der Waals surface area contributed by atoms with Crippen molar-refractivity contribution in [2.24, 2.45) is 4.99 Å². The molecule has 1 saturated heterocycles. The van der Waals surface area contributed by atoms with Crippen molar-refractivity contribution < 1.29 is 9.21 Å². The van der Waals surface area contributed by atoms with Crippen LogP contribution >= 0.6 is 11.8 Å². The van der Waals surface area contributed by atoms with E-state index in [1.165, 1.54) is 18.2 Å². The van der Waals surface area contributed by atoms with Gasteiger partial charge in [0.2, 0.25) is 0 Å². The molecule has 1 aliphatic carbocycles. The maximum Gasteiger partial charge on any atom is 0.266 e. The Hall–Kier alpha value is -2.60. The van der Waals surface area contributed by atoms with Gasteiger partial charge in [-0.2, -0.15) is 0 Å². The van der Waals surface area contributed by atoms with Gasteiger partial charge >= 0.3 is 0 Å². The zero-order valence-corrected chi connectivity index (χ0v) is 15.8. The van der Waals surface area contributed by atoms with Crippen molar-refractivity contribution >= 4 is 34.7 Å². The molecule has 0 bridgehead atoms. The van der Waals surface area contributed by atoms with Crippen LogP contribution in [0.5, 0.6) is 0 Å². The summed E-state index contributed by atoms with van der Waals surface area (Å²) in [4.78, 5) is 24.6. The number of aliphatic imine (C=N–C) groups is 1. The Bertz CT molecular complexity index is 866. The Kier molecular flexibility index (Phi) is 5.53. The second-order valence-corrected chi connectivity index (χ2v) is 7.57. The zero-order chi connectivity index (χ0) is 18.5. The average Bonchev–Trinajstić information content (AvgIpc) is 3.32. The van der Waals surface area contributed by atoms with Crippen LogP contribution in [0.2, 0.25) is 0 Å². The highest BCUT2D eigenvalue weighted by Gasteiger charge is 2.38. The van der Waals surface area contributed by atoms with Crippen molar-refractivity contribution in [2.45, 2.75) is 38.1 Å². The van der Waals surface area contributed by atoms with E-state index in [0.29, 0.717) is 10.7 Å². The highest BCUT2D eigenvalue weighted by molar-refractivity contribution is 8.18. The fourth-order valence-electron chi connectivity index (χ4n) is 3.37. The number of amidine groups is 1. The summed E-state index contributed by atoms with van der Waals surface area (Å²) in [5.74, 6) is 1.42. The molecule has 0 spiro atoms. The lowest BCUT2D eigenvalue weighted by molar-refractivity contribution is -0.124. The minimum absolute atomic E-state index is 0.0330. The third-order valence-electron chi connectivity index (χ3n) is 4.69. The molecule has 138 valence electrons. The van der Waals surface area contributed by atoms with E-state index in [-0.39, 0.29) is 11.9 Å². The van der Waals surface area contributed by atoms with Crippen molar-refractivity contribution in [1.29, 1.82) is 0 Å². The van der Waals surface area contributed by atoms with Crippen molar-refractivity contribution in [1.82, 2.24) is 9.88 Å². The van der Waals surface area contributed by atoms with Gasteiger partial charge in [-0.1, -0.05) is 31.4 Å². The summed E-state index contributed by atoms with van der Waals surface area (Å²) in [6.07, 6.45) is 14.5. The number of rotatable bonds is 4. The molecule has 2 aromatic heterocycles. The fourth-order valence-corrected chi connectivity index (χ4v) is 4.37. The molecule has 0 atom stereocenters. The molecule has 1 amide bonds. The normalized spacial score (nSPS) is 21.8. The standard InChI is InChI=1S/C21H21N3O2S/c25-20-18(12-6-10-17-11-7-15-26-17)27-21(23-19-13-4-5-14-22-19)24(20)16-8-2-1-3-9-16/h4-7,10-16H,1-3,8-9H2/b10-6+,18-12+,23-21+. The van der Waals surface area contributed by atoms with Gasteiger partial charge in [0.1, 0.15) is 5.76 Å². The Balaban J connectivity index is 1.61. The zero-order valence-electron chi connectivity index (χ0n) is 15.0. The molecule has 1 saturated carbocycles. The molecule has 0 unspecified atom stereocenters. The number of carbonyl (C=O) groups excluding carboxylic acids is 1. The van der Waals surface area contributed by atoms with E-state index in [2.05, 4.69) is 9.98 Å². The van der Waals surface area contributed by atoms with Gasteiger partial charge in [0.15, 0.2) is 11.0 Å². The van der Waals surface area contributed by atoms with Crippen LogP contribution in [0.1, 0.15) is 37.9 Å². The van der Waals surface area contributed by atoms with Crippen LogP contribution in [0.3, 0.4) is 0 Å². The highest BCUT2D eigenvalue weighted by Crippen LogP contribution is 2.37. The number of amides is 1. The van der Waals surface area contributed by atoms with Gasteiger partial charge in [-0.15, -0.1) is 0 Å². The van der Waals surface area contributed by atoms with Gasteiger partial charge in [-0.25, -0.2) is 9.98 Å². The van der Waals surface area contributed by atoms with Crippen LogP contribution in [-0.4, -0.2) is 27.0 Å². The molecule has 2 aromatic rings. The van der Waals surface area contributed by atoms with Gasteiger partial charge in [0.25, 0.3) is 5.91 Å². The second-order valence-electron chi connectivity index (χ2n) is 6.56. The van der Waals surface area contributed by atoms with Crippen molar-refractivity contribution in [3.05, 3.63) is 65.6 Å². The van der Waals surface area contributed by atoms with E-state index in [1.807, 2.05) is 53.5 Å². The number of carbonyl (C=O) groups is 1. The molecule has 2 aliphatic rings. The summed E-state index contributed by atoms with van der Waals surface area (Å²) in [7, 11) is 0. The Morgan fingerprint density at radius 2 is 2.07 bits per heavy atom. The summed E-state index contributed by atoms with van der Waals surface area (Å²) in [6, 6.07) is 9.56. The molecule has 0 aromatic carbocycles. The summed E-state index contributed by atoms with van der Waals surface area (Å²) >= 11 is 1.42. The van der Waals surface area contributed by atoms with Crippen LogP contribution < -0.4 is 0 Å². The van der Waals surface area contributed by atoms with Crippen LogP contribution in [0, 0.1) is 0 Å². The summed E-state index contributed by atoms with van der Waals surface area (Å²) < 4.78 is 5.29. The van der Waals surface area contributed by atoms with Crippen molar-refractivity contribution in [2.75, 3.05) is 0 Å². The van der Waals surface area contributed by atoms with Gasteiger partial charge in [-0.3, -0.25) is 9.69 Å². The molecule has 27 heavy (non-hydrogen) atoms. The van der Waals surface area contributed by atoms with E-state index < -0.39 is 0 Å². The van der Waals surface area contributed by atoms with Crippen LogP contribution in [0.15, 0.2) is 69.3 Å². The van der Waals surface area contributed by atoms with Crippen molar-refractivity contribution in [3.63, 3.8) is 0 Å². The van der Waals surface area contributed by atoms with Crippen molar-refractivity contribution in [3.8, 4) is 0 Å². The SMILES string of the molecule is O=C1/C(=C\C=C\c2ccco2)S/C(=N/c2ccccn2)N1C1CCCCC1. The highest BCUT2D eigenvalue weighted by atomic mass is 32.2. The van der Waals surface area contributed by atoms with Gasteiger partial charge in [0.05, 0.1) is 11.2 Å². The maximum absolute atomic E-state index is 13.1. The number of thioether (sulfide) groups is 1. The molecule has 4 rings (SSSR count). The number of hydrogen-bond donors (Lipinski definition) is 0. The van der Waals surface area contributed by atoms with Crippen LogP contribution in [0.4, 0.5) is 5.82 Å². The summed E-state index contributed by atoms with van der Waals surface area (Å²) in [5, 5.41) is 0.725. The molecule has 1 aliphatic heterocycles. The van der Waals surface area contributed by atoms with E-state index in [1.54, 1.807) is 12.5 Å². The van der Waals surface area contributed by atoms with Gasteiger partial charge in [0, 0.05) is 12.2 Å². The van der Waals surface area contributed by atoms with Crippen LogP contribution in [0.25, 0.3) is 6.08 Å². The van der Waals surface area contributed by atoms with E-state index in [4.69, 9.17) is 4.42 Å². The number of aromatic nitrogens is 1. The van der Waals surface area contributed by atoms with Crippen LogP contribution in [-0.2, 0) is 4.79 Å². The molecule has 3 heterocycles. The first kappa shape index (κ1) is 17.8. The minimum atomic E-state index is 0.0330. The molecule has 2 fully saturated rings. The third kappa shape index (κ3) is 4.22. The number of pyridine rings is 1. The predicted molar refractivity (Wildman–Crippen MR) is 108 cm³/mol. The lowest BCUT2D eigenvalue weighted by Crippen LogP contribution is -2.40. The molecule has 0 N–H and O–H groups in total. The first-order valence-corrected chi connectivity index (χ1v) is 10.1. The molecular weight excluding hydrogens is 358 g/mol. The number of furan rings is 1. The smallest absolute Gasteiger partial charge is 0.266 e. The van der Waals surface area contributed by atoms with E-state index in [0.717, 1.165) is 36.6 Å². The Labute approximate surface area is 162 Å². The fraction of sp³-hybridized carbons (Fsp3) is 0.286. The first-order chi connectivity index (χ1) is 13.3. The van der Waals surface area contributed by atoms with Gasteiger partial charge in [-0.05, 0) is 61.0 Å². The lowest BCUT2D eigenvalue weighted by Gasteiger charge is -2.30. The average molecular weight is 379 g/mol. The number of hydrogen-bond acceptors (Lipinski definition) is 5. The predicted octanol–water partition coefficient (Wildman–Crippen LogP) is 5.17. The largest absolute Gasteiger partial charge is 0.465 e. The quantitative estimate of drug-likeness (QED) is 0.688. The minimum Gasteiger partial charge on any atom is -0.465 e. The lowest BCUT2D eigenvalue weighted by atomic mass is 9.94. The maximum atomic E-state index is 13.1. The Morgan fingerprint density at radius 3 is 2.81 bits per heavy atom. The second kappa shape index (κ2) is 8.39. The molecule has 6 heteroatoms. The van der Waals surface area contributed by atoms with E-state index >= 15 is 0 Å². The van der Waals surface area contributed by atoms with Gasteiger partial charge < -0.3 is 4.42 Å². The first-order valence-electron chi connectivity index (χ1n) is 9.24. The molecular formula is C21H21N3O2S. The molecule has 0 radical (unpaired) electrons. The number of nitrogens with zero attached hydrogens (tertiary/aromatic N) is 3. The molecule has 5 nitrogen and oxygen atoms in total. The summed E-state index contributed by atoms with van der Waals surface area (Å²) in [5.41, 5.74) is 0.